The van der Waals surface area contributed by atoms with Crippen LogP contribution in [0.2, 0.25) is 5.02 Å². The van der Waals surface area contributed by atoms with E-state index in [1.807, 2.05) is 36.4 Å². The number of carboxylic acids is 1. The Labute approximate surface area is 221 Å². The van der Waals surface area contributed by atoms with Gasteiger partial charge >= 0.3 is 5.97 Å². The van der Waals surface area contributed by atoms with Gasteiger partial charge in [-0.05, 0) is 66.2 Å². The zero-order valence-corrected chi connectivity index (χ0v) is 21.2. The number of carbonyl (C=O) groups is 2. The quantitative estimate of drug-likeness (QED) is 0.252. The zero-order valence-electron chi connectivity index (χ0n) is 20.5. The number of hydrogen-bond donors (Lipinski definition) is 3. The van der Waals surface area contributed by atoms with E-state index >= 15 is 0 Å². The second-order valence-corrected chi connectivity index (χ2v) is 9.82. The molecule has 0 unspecified atom stereocenters. The molecule has 1 aliphatic heterocycles. The molecule has 0 aromatic heterocycles. The monoisotopic (exact) mass is 522 g/mol. The van der Waals surface area contributed by atoms with Crippen LogP contribution in [0.4, 0.5) is 0 Å². The Morgan fingerprint density at radius 3 is 2.35 bits per heavy atom. The van der Waals surface area contributed by atoms with E-state index in [0.717, 1.165) is 49.2 Å². The average molecular weight is 523 g/mol. The summed E-state index contributed by atoms with van der Waals surface area (Å²) in [5.41, 5.74) is 4.46. The van der Waals surface area contributed by atoms with Crippen molar-refractivity contribution < 1.29 is 24.8 Å². The summed E-state index contributed by atoms with van der Waals surface area (Å²) >= 11 is 6.09. The van der Waals surface area contributed by atoms with Gasteiger partial charge in [0.1, 0.15) is 6.04 Å². The Morgan fingerprint density at radius 1 is 1.00 bits per heavy atom. The van der Waals surface area contributed by atoms with Crippen LogP contribution >= 0.6 is 11.6 Å². The fourth-order valence-electron chi connectivity index (χ4n) is 4.73. The predicted molar refractivity (Wildman–Crippen MR) is 143 cm³/mol. The van der Waals surface area contributed by atoms with Crippen molar-refractivity contribution >= 4 is 23.5 Å². The van der Waals surface area contributed by atoms with Crippen LogP contribution in [0.25, 0.3) is 11.1 Å². The number of hydrogen-bond acceptors (Lipinski definition) is 5. The highest BCUT2D eigenvalue weighted by Crippen LogP contribution is 2.27. The van der Waals surface area contributed by atoms with E-state index in [1.54, 1.807) is 24.3 Å². The van der Waals surface area contributed by atoms with E-state index in [0.29, 0.717) is 12.5 Å². The molecule has 194 valence electrons. The number of benzene rings is 3. The number of nitrogens with zero attached hydrogens (tertiary/aromatic N) is 1. The summed E-state index contributed by atoms with van der Waals surface area (Å²) in [6.45, 7) is 3.14. The van der Waals surface area contributed by atoms with Crippen molar-refractivity contribution in [2.45, 2.75) is 31.8 Å². The van der Waals surface area contributed by atoms with Gasteiger partial charge in [0.15, 0.2) is 0 Å². The second-order valence-electron chi connectivity index (χ2n) is 9.42. The first-order valence-corrected chi connectivity index (χ1v) is 12.8. The second kappa shape index (κ2) is 12.8. The molecule has 4 rings (SSSR count). The minimum absolute atomic E-state index is 0.153. The molecule has 3 aromatic rings. The van der Waals surface area contributed by atoms with Crippen molar-refractivity contribution in [3.8, 4) is 11.1 Å². The normalized spacial score (nSPS) is 15.3. The molecule has 3 N–H and O–H groups in total. The van der Waals surface area contributed by atoms with E-state index < -0.39 is 17.9 Å². The maximum atomic E-state index is 12.6. The molecule has 0 bridgehead atoms. The van der Waals surface area contributed by atoms with Crippen molar-refractivity contribution in [3.63, 3.8) is 0 Å². The summed E-state index contributed by atoms with van der Waals surface area (Å²) in [5.74, 6) is -1.23. The van der Waals surface area contributed by atoms with Gasteiger partial charge in [-0.3, -0.25) is 15.0 Å². The summed E-state index contributed by atoms with van der Waals surface area (Å²) in [6.07, 6.45) is 2.14. The highest BCUT2D eigenvalue weighted by atomic mass is 35.5. The first kappa shape index (κ1) is 26.8. The lowest BCUT2D eigenvalue weighted by Gasteiger charge is -2.31. The molecular weight excluding hydrogens is 492 g/mol. The van der Waals surface area contributed by atoms with E-state index in [1.165, 1.54) is 5.56 Å². The van der Waals surface area contributed by atoms with E-state index in [9.17, 15) is 14.7 Å². The third-order valence-corrected chi connectivity index (χ3v) is 7.18. The van der Waals surface area contributed by atoms with E-state index in [-0.39, 0.29) is 17.0 Å². The fraction of sp³-hybridized carbons (Fsp3) is 0.310. The number of carboxylic acid groups (broad SMARTS) is 1. The summed E-state index contributed by atoms with van der Waals surface area (Å²) in [6, 6.07) is 21.6. The Balaban J connectivity index is 1.42. The Kier molecular flexibility index (Phi) is 9.30. The van der Waals surface area contributed by atoms with Gasteiger partial charge in [-0.15, -0.1) is 0 Å². The summed E-state index contributed by atoms with van der Waals surface area (Å²) in [7, 11) is 0. The van der Waals surface area contributed by atoms with Crippen molar-refractivity contribution in [1.82, 2.24) is 10.2 Å². The first-order valence-electron chi connectivity index (χ1n) is 12.4. The molecule has 1 fully saturated rings. The van der Waals surface area contributed by atoms with Crippen molar-refractivity contribution in [2.75, 3.05) is 19.7 Å². The van der Waals surface area contributed by atoms with Crippen LogP contribution in [0.5, 0.6) is 0 Å². The molecule has 3 aromatic carbocycles. The van der Waals surface area contributed by atoms with E-state index in [4.69, 9.17) is 16.9 Å². The van der Waals surface area contributed by atoms with Gasteiger partial charge in [0.25, 0.3) is 5.91 Å². The SMILES string of the molecule is O=C(N[C@@H](Cc1ccc(-c2ccccc2CN2CCC(COO)CC2)cc1)C(=O)O)c1ccccc1Cl. The third kappa shape index (κ3) is 7.17. The van der Waals surface area contributed by atoms with Crippen LogP contribution in [0, 0.1) is 5.92 Å². The molecule has 1 saturated heterocycles. The zero-order chi connectivity index (χ0) is 26.2. The minimum atomic E-state index is -1.11. The Morgan fingerprint density at radius 2 is 1.68 bits per heavy atom. The molecule has 1 atom stereocenters. The van der Waals surface area contributed by atoms with Gasteiger partial charge in [-0.2, -0.15) is 0 Å². The fourth-order valence-corrected chi connectivity index (χ4v) is 4.96. The molecular formula is C29H31ClN2O5. The number of rotatable bonds is 10. The van der Waals surface area contributed by atoms with Gasteiger partial charge in [-0.1, -0.05) is 72.3 Å². The molecule has 0 radical (unpaired) electrons. The summed E-state index contributed by atoms with van der Waals surface area (Å²) in [5, 5.41) is 21.3. The lowest BCUT2D eigenvalue weighted by atomic mass is 9.95. The number of piperidine rings is 1. The van der Waals surface area contributed by atoms with Gasteiger partial charge in [-0.25, -0.2) is 9.68 Å². The molecule has 7 nitrogen and oxygen atoms in total. The maximum Gasteiger partial charge on any atom is 0.326 e. The molecule has 0 saturated carbocycles. The maximum absolute atomic E-state index is 12.6. The lowest BCUT2D eigenvalue weighted by Crippen LogP contribution is -2.42. The van der Waals surface area contributed by atoms with E-state index in [2.05, 4.69) is 27.2 Å². The highest BCUT2D eigenvalue weighted by Gasteiger charge is 2.23. The predicted octanol–water partition coefficient (Wildman–Crippen LogP) is 5.13. The minimum Gasteiger partial charge on any atom is -0.480 e. The van der Waals surface area contributed by atoms with Gasteiger partial charge in [0, 0.05) is 13.0 Å². The number of amides is 1. The number of halogens is 1. The number of nitrogens with one attached hydrogen (secondary N) is 1. The summed E-state index contributed by atoms with van der Waals surface area (Å²) in [4.78, 5) is 31.2. The van der Waals surface area contributed by atoms with Gasteiger partial charge < -0.3 is 10.4 Å². The standard InChI is InChI=1S/C29H31ClN2O5/c30-26-8-4-3-7-25(26)28(33)31-27(29(34)35)17-20-9-11-22(12-10-20)24-6-2-1-5-23(24)18-32-15-13-21(14-16-32)19-37-36/h1-12,21,27,36H,13-19H2,(H,31,33)(H,34,35)/t27-/m0/s1. The molecule has 1 aliphatic rings. The smallest absolute Gasteiger partial charge is 0.326 e. The molecule has 1 heterocycles. The average Bonchev–Trinajstić information content (AvgIpc) is 2.90. The number of likely N-dealkylation sites (tertiary alicyclic amines) is 1. The number of aliphatic carboxylic acids is 1. The molecule has 1 amide bonds. The third-order valence-electron chi connectivity index (χ3n) is 6.86. The molecule has 37 heavy (non-hydrogen) atoms. The largest absolute Gasteiger partial charge is 0.480 e. The Hall–Kier alpha value is -3.23. The van der Waals surface area contributed by atoms with Crippen LogP contribution in [-0.4, -0.2) is 52.9 Å². The number of carbonyl (C=O) groups excluding carboxylic acids is 1. The van der Waals surface area contributed by atoms with Gasteiger partial charge in [0.05, 0.1) is 17.2 Å². The lowest BCUT2D eigenvalue weighted by molar-refractivity contribution is -0.252. The van der Waals surface area contributed by atoms with Crippen LogP contribution in [-0.2, 0) is 22.6 Å². The van der Waals surface area contributed by atoms with Crippen LogP contribution in [0.1, 0.15) is 34.3 Å². The van der Waals surface area contributed by atoms with Gasteiger partial charge in [0.2, 0.25) is 0 Å². The van der Waals surface area contributed by atoms with Crippen LogP contribution in [0.3, 0.4) is 0 Å². The Bertz CT molecular complexity index is 1210. The van der Waals surface area contributed by atoms with Crippen molar-refractivity contribution in [1.29, 1.82) is 0 Å². The molecule has 0 spiro atoms. The molecule has 8 heteroatoms. The van der Waals surface area contributed by atoms with Crippen molar-refractivity contribution in [3.05, 3.63) is 94.5 Å². The first-order chi connectivity index (χ1) is 17.9. The summed E-state index contributed by atoms with van der Waals surface area (Å²) < 4.78 is 0. The molecule has 0 aliphatic carbocycles. The topological polar surface area (TPSA) is 99.1 Å². The van der Waals surface area contributed by atoms with Crippen LogP contribution < -0.4 is 5.32 Å². The van der Waals surface area contributed by atoms with Crippen molar-refractivity contribution in [2.24, 2.45) is 5.92 Å². The highest BCUT2D eigenvalue weighted by molar-refractivity contribution is 6.33. The van der Waals surface area contributed by atoms with Crippen LogP contribution in [0.15, 0.2) is 72.8 Å².